The molecule has 2 rings (SSSR count). The van der Waals surface area contributed by atoms with E-state index in [1.54, 1.807) is 30.3 Å². The fourth-order valence-corrected chi connectivity index (χ4v) is 1.80. The van der Waals surface area contributed by atoms with Crippen LogP contribution in [0.25, 0.3) is 0 Å². The molecule has 0 unspecified atom stereocenters. The van der Waals surface area contributed by atoms with Crippen molar-refractivity contribution in [3.8, 4) is 5.75 Å². The smallest absolute Gasteiger partial charge is 0.339 e. The van der Waals surface area contributed by atoms with Crippen LogP contribution < -0.4 is 10.1 Å². The van der Waals surface area contributed by atoms with Crippen LogP contribution in [0.3, 0.4) is 0 Å². The number of anilines is 2. The third kappa shape index (κ3) is 2.95. The van der Waals surface area contributed by atoms with Crippen LogP contribution in [0.1, 0.15) is 20.7 Å². The van der Waals surface area contributed by atoms with Gasteiger partial charge in [-0.15, -0.1) is 0 Å². The minimum atomic E-state index is -1.05. The average molecular weight is 271 g/mol. The Morgan fingerprint density at radius 2 is 1.95 bits per heavy atom. The number of aldehydes is 1. The predicted molar refractivity (Wildman–Crippen MR) is 75.1 cm³/mol. The number of aromatic carboxylic acids is 1. The minimum absolute atomic E-state index is 0.0969. The van der Waals surface area contributed by atoms with Gasteiger partial charge in [0, 0.05) is 23.0 Å². The molecule has 0 aliphatic heterocycles. The lowest BCUT2D eigenvalue weighted by Gasteiger charge is -2.10. The van der Waals surface area contributed by atoms with E-state index in [-0.39, 0.29) is 11.3 Å². The van der Waals surface area contributed by atoms with E-state index in [0.717, 1.165) is 12.0 Å². The van der Waals surface area contributed by atoms with Crippen molar-refractivity contribution in [1.82, 2.24) is 0 Å². The minimum Gasteiger partial charge on any atom is -0.496 e. The second-order valence-electron chi connectivity index (χ2n) is 4.09. The molecule has 0 radical (unpaired) electrons. The molecule has 20 heavy (non-hydrogen) atoms. The highest BCUT2D eigenvalue weighted by Gasteiger charge is 2.11. The standard InChI is InChI=1S/C15H13NO4/c1-20-14-8-12(5-6-13(14)15(18)19)16-11-4-2-3-10(7-11)9-17/h2-9,16H,1H3,(H,18,19). The lowest BCUT2D eigenvalue weighted by molar-refractivity contribution is 0.0693. The van der Waals surface area contributed by atoms with Gasteiger partial charge in [-0.3, -0.25) is 4.79 Å². The topological polar surface area (TPSA) is 75.6 Å². The Kier molecular flexibility index (Phi) is 4.00. The fourth-order valence-electron chi connectivity index (χ4n) is 1.80. The van der Waals surface area contributed by atoms with E-state index in [0.29, 0.717) is 11.3 Å². The third-order valence-corrected chi connectivity index (χ3v) is 2.74. The van der Waals surface area contributed by atoms with Crippen molar-refractivity contribution in [1.29, 1.82) is 0 Å². The highest BCUT2D eigenvalue weighted by atomic mass is 16.5. The van der Waals surface area contributed by atoms with Crippen LogP contribution >= 0.6 is 0 Å². The van der Waals surface area contributed by atoms with Gasteiger partial charge in [0.1, 0.15) is 17.6 Å². The molecule has 0 fully saturated rings. The van der Waals surface area contributed by atoms with Crippen molar-refractivity contribution in [2.75, 3.05) is 12.4 Å². The number of carboxylic acids is 1. The van der Waals surface area contributed by atoms with Crippen LogP contribution in [-0.2, 0) is 0 Å². The van der Waals surface area contributed by atoms with Gasteiger partial charge in [-0.1, -0.05) is 12.1 Å². The molecule has 0 saturated heterocycles. The molecule has 5 nitrogen and oxygen atoms in total. The predicted octanol–water partition coefficient (Wildman–Crippen LogP) is 2.95. The molecule has 0 aliphatic rings. The third-order valence-electron chi connectivity index (χ3n) is 2.74. The molecule has 0 saturated carbocycles. The van der Waals surface area contributed by atoms with Gasteiger partial charge in [0.25, 0.3) is 0 Å². The Labute approximate surface area is 115 Å². The molecule has 0 aromatic heterocycles. The first-order chi connectivity index (χ1) is 9.63. The van der Waals surface area contributed by atoms with Gasteiger partial charge < -0.3 is 15.2 Å². The van der Waals surface area contributed by atoms with Crippen molar-refractivity contribution in [2.24, 2.45) is 0 Å². The molecule has 5 heteroatoms. The average Bonchev–Trinajstić information content (AvgIpc) is 2.47. The monoisotopic (exact) mass is 271 g/mol. The lowest BCUT2D eigenvalue weighted by atomic mass is 10.1. The van der Waals surface area contributed by atoms with Crippen LogP contribution in [0.4, 0.5) is 11.4 Å². The summed E-state index contributed by atoms with van der Waals surface area (Å²) in [7, 11) is 1.42. The van der Waals surface area contributed by atoms with E-state index in [1.165, 1.54) is 13.2 Å². The quantitative estimate of drug-likeness (QED) is 0.818. The Morgan fingerprint density at radius 1 is 1.20 bits per heavy atom. The number of rotatable bonds is 5. The van der Waals surface area contributed by atoms with Crippen LogP contribution in [0, 0.1) is 0 Å². The summed E-state index contributed by atoms with van der Waals surface area (Å²) in [6, 6.07) is 11.7. The molecule has 0 atom stereocenters. The lowest BCUT2D eigenvalue weighted by Crippen LogP contribution is -2.01. The summed E-state index contributed by atoms with van der Waals surface area (Å²) in [6.45, 7) is 0. The zero-order valence-corrected chi connectivity index (χ0v) is 10.8. The highest BCUT2D eigenvalue weighted by Crippen LogP contribution is 2.25. The fraction of sp³-hybridized carbons (Fsp3) is 0.0667. The highest BCUT2D eigenvalue weighted by molar-refractivity contribution is 5.91. The van der Waals surface area contributed by atoms with Crippen LogP contribution in [0.15, 0.2) is 42.5 Å². The maximum Gasteiger partial charge on any atom is 0.339 e. The summed E-state index contributed by atoms with van der Waals surface area (Å²) in [6.07, 6.45) is 0.763. The Bertz CT molecular complexity index is 652. The molecule has 0 heterocycles. The Hall–Kier alpha value is -2.82. The van der Waals surface area contributed by atoms with Gasteiger partial charge in [0.05, 0.1) is 7.11 Å². The molecule has 2 aromatic carbocycles. The second-order valence-corrected chi connectivity index (χ2v) is 4.09. The molecule has 0 aliphatic carbocycles. The van der Waals surface area contributed by atoms with E-state index in [4.69, 9.17) is 9.84 Å². The molecule has 2 N–H and O–H groups in total. The van der Waals surface area contributed by atoms with Crippen molar-refractivity contribution < 1.29 is 19.4 Å². The molecule has 102 valence electrons. The first kappa shape index (κ1) is 13.6. The summed E-state index contributed by atoms with van der Waals surface area (Å²) in [4.78, 5) is 21.7. The van der Waals surface area contributed by atoms with Gasteiger partial charge in [0.2, 0.25) is 0 Å². The first-order valence-electron chi connectivity index (χ1n) is 5.87. The van der Waals surface area contributed by atoms with E-state index in [9.17, 15) is 9.59 Å². The van der Waals surface area contributed by atoms with Crippen molar-refractivity contribution in [2.45, 2.75) is 0 Å². The molecule has 0 amide bonds. The van der Waals surface area contributed by atoms with E-state index in [2.05, 4.69) is 5.32 Å². The zero-order valence-electron chi connectivity index (χ0n) is 10.8. The molecule has 0 bridgehead atoms. The van der Waals surface area contributed by atoms with Crippen LogP contribution in [0.5, 0.6) is 5.75 Å². The van der Waals surface area contributed by atoms with E-state index >= 15 is 0 Å². The summed E-state index contributed by atoms with van der Waals surface area (Å²) in [5.74, 6) is -0.773. The van der Waals surface area contributed by atoms with Gasteiger partial charge in [-0.25, -0.2) is 4.79 Å². The van der Waals surface area contributed by atoms with Crippen molar-refractivity contribution in [3.05, 3.63) is 53.6 Å². The molecular weight excluding hydrogens is 258 g/mol. The van der Waals surface area contributed by atoms with Gasteiger partial charge in [-0.2, -0.15) is 0 Å². The summed E-state index contributed by atoms with van der Waals surface area (Å²) in [5.41, 5.74) is 2.07. The van der Waals surface area contributed by atoms with Crippen LogP contribution in [0.2, 0.25) is 0 Å². The van der Waals surface area contributed by atoms with Crippen molar-refractivity contribution in [3.63, 3.8) is 0 Å². The van der Waals surface area contributed by atoms with Gasteiger partial charge in [0.15, 0.2) is 0 Å². The number of carboxylic acid groups (broad SMARTS) is 1. The molecule has 2 aromatic rings. The van der Waals surface area contributed by atoms with E-state index in [1.807, 2.05) is 6.07 Å². The van der Waals surface area contributed by atoms with Crippen LogP contribution in [-0.4, -0.2) is 24.5 Å². The van der Waals surface area contributed by atoms with Gasteiger partial charge in [-0.05, 0) is 24.3 Å². The number of benzene rings is 2. The first-order valence-corrected chi connectivity index (χ1v) is 5.87. The number of nitrogens with one attached hydrogen (secondary N) is 1. The number of carbonyl (C=O) groups excluding carboxylic acids is 1. The number of hydrogen-bond donors (Lipinski definition) is 2. The SMILES string of the molecule is COc1cc(Nc2cccc(C=O)c2)ccc1C(=O)O. The Balaban J connectivity index is 2.29. The van der Waals surface area contributed by atoms with E-state index < -0.39 is 5.97 Å². The van der Waals surface area contributed by atoms with Crippen molar-refractivity contribution >= 4 is 23.6 Å². The number of hydrogen-bond acceptors (Lipinski definition) is 4. The normalized spacial score (nSPS) is 9.85. The van der Waals surface area contributed by atoms with Gasteiger partial charge >= 0.3 is 5.97 Å². The number of carbonyl (C=O) groups is 2. The number of ether oxygens (including phenoxy) is 1. The number of methoxy groups -OCH3 is 1. The largest absolute Gasteiger partial charge is 0.496 e. The maximum atomic E-state index is 11.0. The second kappa shape index (κ2) is 5.88. The summed E-state index contributed by atoms with van der Waals surface area (Å²) >= 11 is 0. The molecule has 0 spiro atoms. The zero-order chi connectivity index (χ0) is 14.5. The summed E-state index contributed by atoms with van der Waals surface area (Å²) < 4.78 is 5.05. The summed E-state index contributed by atoms with van der Waals surface area (Å²) in [5, 5.41) is 12.1. The molecular formula is C15H13NO4. The Morgan fingerprint density at radius 3 is 2.60 bits per heavy atom. The maximum absolute atomic E-state index is 11.0.